The van der Waals surface area contributed by atoms with Crippen molar-refractivity contribution in [3.63, 3.8) is 0 Å². The highest BCUT2D eigenvalue weighted by Gasteiger charge is 2.37. The van der Waals surface area contributed by atoms with E-state index in [1.165, 1.54) is 14.2 Å². The van der Waals surface area contributed by atoms with E-state index in [9.17, 15) is 9.59 Å². The number of hydrogen-bond donors (Lipinski definition) is 0. The molecule has 0 N–H and O–H groups in total. The summed E-state index contributed by atoms with van der Waals surface area (Å²) < 4.78 is 9.29. The summed E-state index contributed by atoms with van der Waals surface area (Å²) in [6.07, 6.45) is 1.70. The van der Waals surface area contributed by atoms with Gasteiger partial charge in [0.05, 0.1) is 26.1 Å². The van der Waals surface area contributed by atoms with Gasteiger partial charge in [0.15, 0.2) is 0 Å². The van der Waals surface area contributed by atoms with Crippen molar-refractivity contribution >= 4 is 23.5 Å². The van der Waals surface area contributed by atoms with E-state index >= 15 is 0 Å². The molecule has 1 aliphatic rings. The van der Waals surface area contributed by atoms with Crippen LogP contribution in [0, 0.1) is 11.8 Å². The van der Waals surface area contributed by atoms with Gasteiger partial charge in [0.25, 0.3) is 0 Å². The zero-order chi connectivity index (χ0) is 11.4. The quantitative estimate of drug-likeness (QED) is 0.535. The Labute approximate surface area is 93.9 Å². The van der Waals surface area contributed by atoms with Gasteiger partial charge in [0.1, 0.15) is 0 Å². The average Bonchev–Trinajstić information content (AvgIpc) is 2.26. The molecule has 3 unspecified atom stereocenters. The molecule has 0 saturated heterocycles. The first kappa shape index (κ1) is 12.3. The van der Waals surface area contributed by atoms with E-state index in [2.05, 4.69) is 9.47 Å². The van der Waals surface area contributed by atoms with Crippen LogP contribution in [0.4, 0.5) is 0 Å². The zero-order valence-electron chi connectivity index (χ0n) is 8.86. The van der Waals surface area contributed by atoms with Crippen LogP contribution in [0.5, 0.6) is 0 Å². The molecule has 15 heavy (non-hydrogen) atoms. The van der Waals surface area contributed by atoms with Crippen LogP contribution in [0.2, 0.25) is 0 Å². The number of carbonyl (C=O) groups excluding carboxylic acids is 2. The van der Waals surface area contributed by atoms with Crippen molar-refractivity contribution in [2.45, 2.75) is 24.6 Å². The summed E-state index contributed by atoms with van der Waals surface area (Å²) in [7, 11) is 2.70. The third kappa shape index (κ3) is 2.84. The molecule has 0 bridgehead atoms. The number of methoxy groups -OCH3 is 2. The third-order valence-electron chi connectivity index (χ3n) is 2.81. The van der Waals surface area contributed by atoms with Gasteiger partial charge in [-0.1, -0.05) is 0 Å². The predicted molar refractivity (Wildman–Crippen MR) is 54.5 cm³/mol. The molecule has 0 aromatic carbocycles. The smallest absolute Gasteiger partial charge is 0.310 e. The minimum atomic E-state index is -0.338. The van der Waals surface area contributed by atoms with Gasteiger partial charge in [-0.05, 0) is 19.3 Å². The Hall–Kier alpha value is -0.770. The lowest BCUT2D eigenvalue weighted by Gasteiger charge is -2.29. The van der Waals surface area contributed by atoms with Gasteiger partial charge in [-0.3, -0.25) is 9.59 Å². The summed E-state index contributed by atoms with van der Waals surface area (Å²) in [4.78, 5) is 22.6. The molecule has 0 radical (unpaired) electrons. The topological polar surface area (TPSA) is 52.6 Å². The summed E-state index contributed by atoms with van der Waals surface area (Å²) in [5, 5.41) is -0.338. The molecule has 0 spiro atoms. The molecule has 1 fully saturated rings. The number of esters is 2. The predicted octanol–water partition coefficient (Wildman–Crippen LogP) is 1.36. The van der Waals surface area contributed by atoms with Crippen LogP contribution in [0.25, 0.3) is 0 Å². The molecule has 0 aromatic heterocycles. The second-order valence-electron chi connectivity index (χ2n) is 3.68. The summed E-state index contributed by atoms with van der Waals surface area (Å²) in [5.74, 6) is -1.02. The highest BCUT2D eigenvalue weighted by atomic mass is 35.5. The van der Waals surface area contributed by atoms with Crippen molar-refractivity contribution < 1.29 is 19.1 Å². The van der Waals surface area contributed by atoms with Crippen molar-refractivity contribution in [2.75, 3.05) is 14.2 Å². The maximum absolute atomic E-state index is 11.3. The lowest BCUT2D eigenvalue weighted by atomic mass is 9.81. The molecule has 0 aromatic rings. The highest BCUT2D eigenvalue weighted by Crippen LogP contribution is 2.33. The Kier molecular flexibility index (Phi) is 4.39. The van der Waals surface area contributed by atoms with Crippen LogP contribution < -0.4 is 0 Å². The van der Waals surface area contributed by atoms with Gasteiger partial charge in [-0.2, -0.15) is 0 Å². The molecule has 1 rings (SSSR count). The first-order valence-electron chi connectivity index (χ1n) is 4.89. The van der Waals surface area contributed by atoms with Gasteiger partial charge < -0.3 is 9.47 Å². The largest absolute Gasteiger partial charge is 0.469 e. The molecular weight excluding hydrogens is 220 g/mol. The normalized spacial score (nSPS) is 30.7. The fraction of sp³-hybridized carbons (Fsp3) is 0.800. The molecule has 3 atom stereocenters. The minimum absolute atomic E-state index is 0.182. The van der Waals surface area contributed by atoms with Crippen LogP contribution in [0.3, 0.4) is 0 Å². The summed E-state index contributed by atoms with van der Waals surface area (Å²) in [5.41, 5.74) is 0. The summed E-state index contributed by atoms with van der Waals surface area (Å²) in [6, 6.07) is 0. The third-order valence-corrected chi connectivity index (χ3v) is 3.29. The maximum atomic E-state index is 11.3. The van der Waals surface area contributed by atoms with Gasteiger partial charge in [-0.25, -0.2) is 0 Å². The number of alkyl halides is 1. The first-order valence-corrected chi connectivity index (χ1v) is 5.33. The molecule has 4 nitrogen and oxygen atoms in total. The van der Waals surface area contributed by atoms with Crippen molar-refractivity contribution in [1.82, 2.24) is 0 Å². The number of hydrogen-bond acceptors (Lipinski definition) is 4. The molecule has 5 heteroatoms. The molecule has 0 heterocycles. The molecule has 86 valence electrons. The second kappa shape index (κ2) is 5.35. The Morgan fingerprint density at radius 3 is 2.20 bits per heavy atom. The number of halogens is 1. The highest BCUT2D eigenvalue weighted by molar-refractivity contribution is 6.22. The number of carbonyl (C=O) groups is 2. The summed E-state index contributed by atoms with van der Waals surface area (Å²) in [6.45, 7) is 0. The number of ether oxygens (including phenoxy) is 2. The van der Waals surface area contributed by atoms with E-state index in [-0.39, 0.29) is 29.2 Å². The second-order valence-corrected chi connectivity index (χ2v) is 4.24. The van der Waals surface area contributed by atoms with Gasteiger partial charge >= 0.3 is 11.9 Å². The molecule has 1 aliphatic carbocycles. The van der Waals surface area contributed by atoms with Crippen LogP contribution in [-0.2, 0) is 19.1 Å². The summed E-state index contributed by atoms with van der Waals surface area (Å²) >= 11 is 6.04. The fourth-order valence-corrected chi connectivity index (χ4v) is 2.36. The lowest BCUT2D eigenvalue weighted by molar-refractivity contribution is -0.151. The van der Waals surface area contributed by atoms with Crippen LogP contribution in [0.15, 0.2) is 0 Å². The van der Waals surface area contributed by atoms with Crippen molar-refractivity contribution in [2.24, 2.45) is 11.8 Å². The van der Waals surface area contributed by atoms with Crippen molar-refractivity contribution in [1.29, 1.82) is 0 Å². The molecular formula is C10H15ClO4. The Balaban J connectivity index is 2.55. The van der Waals surface area contributed by atoms with Crippen molar-refractivity contribution in [3.05, 3.63) is 0 Å². The van der Waals surface area contributed by atoms with Gasteiger partial charge in [0, 0.05) is 5.38 Å². The Bertz CT molecular complexity index is 254. The maximum Gasteiger partial charge on any atom is 0.310 e. The fourth-order valence-electron chi connectivity index (χ4n) is 1.91. The average molecular weight is 235 g/mol. The van der Waals surface area contributed by atoms with E-state index in [1.54, 1.807) is 0 Å². The van der Waals surface area contributed by atoms with Crippen molar-refractivity contribution in [3.8, 4) is 0 Å². The van der Waals surface area contributed by atoms with Gasteiger partial charge in [-0.15, -0.1) is 11.6 Å². The van der Waals surface area contributed by atoms with Gasteiger partial charge in [0.2, 0.25) is 0 Å². The minimum Gasteiger partial charge on any atom is -0.469 e. The molecule has 1 saturated carbocycles. The first-order chi connectivity index (χ1) is 7.10. The van der Waals surface area contributed by atoms with E-state index in [4.69, 9.17) is 11.6 Å². The molecule has 0 amide bonds. The molecule has 0 aliphatic heterocycles. The van der Waals surface area contributed by atoms with Crippen LogP contribution in [0.1, 0.15) is 19.3 Å². The Morgan fingerprint density at radius 1 is 1.13 bits per heavy atom. The van der Waals surface area contributed by atoms with Crippen LogP contribution >= 0.6 is 11.6 Å². The lowest BCUT2D eigenvalue weighted by Crippen LogP contribution is -2.35. The zero-order valence-corrected chi connectivity index (χ0v) is 9.62. The Morgan fingerprint density at radius 2 is 1.73 bits per heavy atom. The van der Waals surface area contributed by atoms with E-state index < -0.39 is 0 Å². The monoisotopic (exact) mass is 234 g/mol. The standard InChI is InChI=1S/C10H15ClO4/c1-14-9(12)6-3-4-7(8(11)5-6)10(13)15-2/h6-8H,3-5H2,1-2H3. The van der Waals surface area contributed by atoms with E-state index in [0.29, 0.717) is 19.3 Å². The van der Waals surface area contributed by atoms with E-state index in [1.807, 2.05) is 0 Å². The SMILES string of the molecule is COC(=O)C1CCC(C(=O)OC)C(Cl)C1. The van der Waals surface area contributed by atoms with E-state index in [0.717, 1.165) is 0 Å². The number of rotatable bonds is 2. The van der Waals surface area contributed by atoms with Crippen LogP contribution in [-0.4, -0.2) is 31.5 Å².